The summed E-state index contributed by atoms with van der Waals surface area (Å²) in [4.78, 5) is 0. The number of aromatic nitrogens is 3. The van der Waals surface area contributed by atoms with Gasteiger partial charge in [-0.2, -0.15) is 0 Å². The van der Waals surface area contributed by atoms with Crippen molar-refractivity contribution in [3.63, 3.8) is 0 Å². The molecule has 4 nitrogen and oxygen atoms in total. The van der Waals surface area contributed by atoms with Crippen LogP contribution >= 0.6 is 23.4 Å². The van der Waals surface area contributed by atoms with Gasteiger partial charge >= 0.3 is 0 Å². The lowest BCUT2D eigenvalue weighted by molar-refractivity contribution is 0.763. The largest absolute Gasteiger partial charge is 0.304 e. The molecule has 21 heavy (non-hydrogen) atoms. The maximum Gasteiger partial charge on any atom is 0.212 e. The number of benzene rings is 2. The zero-order valence-electron chi connectivity index (χ0n) is 11.6. The molecule has 0 fully saturated rings. The fraction of sp³-hybridized carbons (Fsp3) is 0.200. The van der Waals surface area contributed by atoms with Crippen molar-refractivity contribution in [3.05, 3.63) is 52.3 Å². The van der Waals surface area contributed by atoms with Crippen LogP contribution in [-0.2, 0) is 0 Å². The van der Waals surface area contributed by atoms with Crippen LogP contribution in [0.25, 0.3) is 10.8 Å². The molecular formula is C15H13ClN4S. The number of aryl methyl sites for hydroxylation is 2. The Morgan fingerprint density at radius 1 is 1.24 bits per heavy atom. The first-order valence-corrected chi connectivity index (χ1v) is 7.93. The van der Waals surface area contributed by atoms with Gasteiger partial charge in [0.1, 0.15) is 11.2 Å². The molecule has 0 saturated heterocycles. The number of nitrogens with zero attached hydrogens (tertiary/aromatic N) is 3. The van der Waals surface area contributed by atoms with Gasteiger partial charge in [-0.05, 0) is 42.3 Å². The summed E-state index contributed by atoms with van der Waals surface area (Å²) in [6.45, 7) is 4.03. The Balaban J connectivity index is 1.80. The number of halogens is 1. The molecule has 0 aliphatic carbocycles. The quantitative estimate of drug-likeness (QED) is 0.735. The molecule has 0 bridgehead atoms. The van der Waals surface area contributed by atoms with Crippen molar-refractivity contribution in [2.24, 2.45) is 0 Å². The molecule has 1 unspecified atom stereocenters. The fourth-order valence-corrected chi connectivity index (χ4v) is 4.03. The van der Waals surface area contributed by atoms with Gasteiger partial charge in [0.2, 0.25) is 5.16 Å². The van der Waals surface area contributed by atoms with Crippen LogP contribution in [0.4, 0.5) is 0 Å². The highest BCUT2D eigenvalue weighted by molar-refractivity contribution is 7.99. The molecule has 0 radical (unpaired) electrons. The van der Waals surface area contributed by atoms with Gasteiger partial charge < -0.3 is 5.43 Å². The highest BCUT2D eigenvalue weighted by Gasteiger charge is 2.28. The lowest BCUT2D eigenvalue weighted by Gasteiger charge is -2.15. The first kappa shape index (κ1) is 13.0. The Bertz CT molecular complexity index is 858. The Kier molecular flexibility index (Phi) is 2.87. The number of thioether (sulfide) groups is 1. The van der Waals surface area contributed by atoms with Crippen molar-refractivity contribution in [2.75, 3.05) is 5.43 Å². The Labute approximate surface area is 131 Å². The fourth-order valence-electron chi connectivity index (χ4n) is 2.62. The summed E-state index contributed by atoms with van der Waals surface area (Å²) < 4.78 is 1.91. The van der Waals surface area contributed by atoms with E-state index in [0.717, 1.165) is 21.6 Å². The highest BCUT2D eigenvalue weighted by atomic mass is 35.5. The molecule has 1 N–H and O–H groups in total. The van der Waals surface area contributed by atoms with Crippen LogP contribution in [0, 0.1) is 13.8 Å². The molecule has 6 heteroatoms. The van der Waals surface area contributed by atoms with Crippen LogP contribution in [0.1, 0.15) is 22.3 Å². The lowest BCUT2D eigenvalue weighted by Crippen LogP contribution is -2.14. The van der Waals surface area contributed by atoms with Crippen molar-refractivity contribution in [1.29, 1.82) is 0 Å². The molecule has 1 aliphatic heterocycles. The van der Waals surface area contributed by atoms with E-state index in [1.807, 2.05) is 11.6 Å². The number of nitrogens with one attached hydrogen (secondary N) is 1. The van der Waals surface area contributed by atoms with Crippen molar-refractivity contribution in [3.8, 4) is 0 Å². The Hall–Kier alpha value is -1.72. The van der Waals surface area contributed by atoms with Gasteiger partial charge in [0.15, 0.2) is 0 Å². The van der Waals surface area contributed by atoms with E-state index in [0.29, 0.717) is 0 Å². The molecule has 0 spiro atoms. The van der Waals surface area contributed by atoms with Gasteiger partial charge in [-0.1, -0.05) is 41.6 Å². The third-order valence-corrected chi connectivity index (χ3v) is 5.16. The average molecular weight is 317 g/mol. The summed E-state index contributed by atoms with van der Waals surface area (Å²) in [5.41, 5.74) is 5.70. The van der Waals surface area contributed by atoms with E-state index in [-0.39, 0.29) is 5.37 Å². The van der Waals surface area contributed by atoms with Gasteiger partial charge in [-0.25, -0.2) is 4.68 Å². The zero-order chi connectivity index (χ0) is 14.6. The number of fused-ring (bicyclic) bond motifs is 2. The maximum atomic E-state index is 6.51. The maximum absolute atomic E-state index is 6.51. The van der Waals surface area contributed by atoms with Crippen molar-refractivity contribution in [2.45, 2.75) is 24.4 Å². The first-order chi connectivity index (χ1) is 10.1. The number of hydrogen-bond donors (Lipinski definition) is 1. The van der Waals surface area contributed by atoms with E-state index in [1.54, 1.807) is 11.8 Å². The smallest absolute Gasteiger partial charge is 0.212 e. The summed E-state index contributed by atoms with van der Waals surface area (Å²) in [5.74, 6) is 0.854. The van der Waals surface area contributed by atoms with Gasteiger partial charge in [0.25, 0.3) is 0 Å². The summed E-state index contributed by atoms with van der Waals surface area (Å²) in [7, 11) is 0. The van der Waals surface area contributed by atoms with E-state index in [1.165, 1.54) is 16.3 Å². The molecule has 2 aromatic carbocycles. The van der Waals surface area contributed by atoms with Crippen molar-refractivity contribution < 1.29 is 0 Å². The van der Waals surface area contributed by atoms with Crippen LogP contribution in [0.2, 0.25) is 5.02 Å². The second kappa shape index (κ2) is 4.64. The van der Waals surface area contributed by atoms with Crippen LogP contribution in [0.3, 0.4) is 0 Å². The van der Waals surface area contributed by atoms with Crippen LogP contribution < -0.4 is 5.43 Å². The number of hydrogen-bond acceptors (Lipinski definition) is 4. The molecule has 4 rings (SSSR count). The summed E-state index contributed by atoms with van der Waals surface area (Å²) in [6, 6.07) is 10.5. The predicted molar refractivity (Wildman–Crippen MR) is 86.4 cm³/mol. The van der Waals surface area contributed by atoms with Gasteiger partial charge in [-0.3, -0.25) is 0 Å². The number of rotatable bonds is 1. The minimum atomic E-state index is 0.0617. The topological polar surface area (TPSA) is 42.7 Å². The van der Waals surface area contributed by atoms with E-state index >= 15 is 0 Å². The van der Waals surface area contributed by atoms with Gasteiger partial charge in [-0.15, -0.1) is 10.2 Å². The lowest BCUT2D eigenvalue weighted by atomic mass is 10.0. The van der Waals surface area contributed by atoms with Crippen LogP contribution in [-0.4, -0.2) is 14.9 Å². The molecular weight excluding hydrogens is 304 g/mol. The van der Waals surface area contributed by atoms with Crippen LogP contribution in [0.5, 0.6) is 0 Å². The molecule has 1 aliphatic rings. The Morgan fingerprint density at radius 3 is 2.90 bits per heavy atom. The minimum absolute atomic E-state index is 0.0617. The summed E-state index contributed by atoms with van der Waals surface area (Å²) in [5, 5.41) is 12.3. The molecule has 1 atom stereocenters. The first-order valence-electron chi connectivity index (χ1n) is 6.67. The van der Waals surface area contributed by atoms with Gasteiger partial charge in [0.05, 0.1) is 0 Å². The third-order valence-electron chi connectivity index (χ3n) is 3.76. The normalized spacial score (nSPS) is 17.0. The molecule has 3 aromatic rings. The van der Waals surface area contributed by atoms with E-state index in [2.05, 4.69) is 52.9 Å². The third kappa shape index (κ3) is 2.00. The monoisotopic (exact) mass is 316 g/mol. The summed E-state index contributed by atoms with van der Waals surface area (Å²) in [6.07, 6.45) is 0. The van der Waals surface area contributed by atoms with Crippen molar-refractivity contribution >= 4 is 34.1 Å². The van der Waals surface area contributed by atoms with E-state index in [9.17, 15) is 0 Å². The molecule has 0 amide bonds. The minimum Gasteiger partial charge on any atom is -0.304 e. The standard InChI is InChI=1S/C15H13ClN4S/c1-8-4-3-5-10-6-12(13(16)7-11(8)10)14-19-20-9(2)17-18-15(20)21-14/h3-7,14,19H,1-2H3. The SMILES string of the molecule is Cc1cccc2cc(C3Nn4c(C)nnc4S3)c(Cl)cc12. The van der Waals surface area contributed by atoms with Crippen molar-refractivity contribution in [1.82, 2.24) is 14.9 Å². The predicted octanol–water partition coefficient (Wildman–Crippen LogP) is 4.05. The van der Waals surface area contributed by atoms with E-state index < -0.39 is 0 Å². The molecule has 106 valence electrons. The molecule has 2 heterocycles. The summed E-state index contributed by atoms with van der Waals surface area (Å²) >= 11 is 8.14. The second-order valence-electron chi connectivity index (χ2n) is 5.16. The zero-order valence-corrected chi connectivity index (χ0v) is 13.2. The Morgan fingerprint density at radius 2 is 2.10 bits per heavy atom. The average Bonchev–Trinajstić information content (AvgIpc) is 3.02. The molecule has 1 aromatic heterocycles. The second-order valence-corrected chi connectivity index (χ2v) is 6.64. The highest BCUT2D eigenvalue weighted by Crippen LogP contribution is 2.42. The van der Waals surface area contributed by atoms with E-state index in [4.69, 9.17) is 11.6 Å². The van der Waals surface area contributed by atoms with Crippen LogP contribution in [0.15, 0.2) is 35.5 Å². The van der Waals surface area contributed by atoms with Gasteiger partial charge in [0, 0.05) is 10.6 Å². The molecule has 0 saturated carbocycles.